The van der Waals surface area contributed by atoms with Gasteiger partial charge >= 0.3 is 0 Å². The van der Waals surface area contributed by atoms with Crippen molar-refractivity contribution in [3.8, 4) is 0 Å². The van der Waals surface area contributed by atoms with Crippen molar-refractivity contribution in [3.05, 3.63) is 22.4 Å². The summed E-state index contributed by atoms with van der Waals surface area (Å²) < 4.78 is 0. The van der Waals surface area contributed by atoms with Gasteiger partial charge in [-0.05, 0) is 37.9 Å². The largest absolute Gasteiger partial charge is 0.409 e. The van der Waals surface area contributed by atoms with Gasteiger partial charge in [-0.1, -0.05) is 31.5 Å². The minimum atomic E-state index is -0.221. The second-order valence-electron chi connectivity index (χ2n) is 5.64. The molecule has 108 valence electrons. The second kappa shape index (κ2) is 7.50. The maximum absolute atomic E-state index is 8.71. The van der Waals surface area contributed by atoms with Gasteiger partial charge in [-0.25, -0.2) is 0 Å². The van der Waals surface area contributed by atoms with E-state index in [0.717, 1.165) is 32.4 Å². The van der Waals surface area contributed by atoms with Gasteiger partial charge in [0, 0.05) is 16.8 Å². The third kappa shape index (κ3) is 5.61. The maximum atomic E-state index is 8.71. The average Bonchev–Trinajstić information content (AvgIpc) is 2.86. The highest BCUT2D eigenvalue weighted by atomic mass is 32.1. The summed E-state index contributed by atoms with van der Waals surface area (Å²) in [4.78, 5) is 3.74. The van der Waals surface area contributed by atoms with Gasteiger partial charge in [0.25, 0.3) is 0 Å². The summed E-state index contributed by atoms with van der Waals surface area (Å²) >= 11 is 1.80. The molecule has 0 spiro atoms. The fraction of sp³-hybridized carbons (Fsp3) is 0.643. The Hall–Kier alpha value is -1.07. The summed E-state index contributed by atoms with van der Waals surface area (Å²) in [6.07, 6.45) is 3.15. The van der Waals surface area contributed by atoms with Crippen LogP contribution in [0.5, 0.6) is 0 Å². The van der Waals surface area contributed by atoms with E-state index >= 15 is 0 Å². The first-order valence-electron chi connectivity index (χ1n) is 6.64. The van der Waals surface area contributed by atoms with Crippen LogP contribution < -0.4 is 5.73 Å². The molecule has 1 aromatic rings. The zero-order chi connectivity index (χ0) is 14.3. The van der Waals surface area contributed by atoms with Crippen LogP contribution in [0.3, 0.4) is 0 Å². The number of amidine groups is 1. The van der Waals surface area contributed by atoms with Gasteiger partial charge in [0.2, 0.25) is 0 Å². The van der Waals surface area contributed by atoms with Crippen LogP contribution in [0, 0.1) is 5.41 Å². The van der Waals surface area contributed by atoms with Gasteiger partial charge in [-0.15, -0.1) is 11.3 Å². The molecule has 0 radical (unpaired) electrons. The highest BCUT2D eigenvalue weighted by Crippen LogP contribution is 2.23. The molecule has 0 bridgehead atoms. The molecule has 0 unspecified atom stereocenters. The molecule has 19 heavy (non-hydrogen) atoms. The van der Waals surface area contributed by atoms with Crippen molar-refractivity contribution in [2.75, 3.05) is 13.6 Å². The maximum Gasteiger partial charge on any atom is 0.144 e. The molecule has 0 atom stereocenters. The quantitative estimate of drug-likeness (QED) is 0.253. The molecule has 1 heterocycles. The molecule has 0 amide bonds. The van der Waals surface area contributed by atoms with E-state index in [1.807, 2.05) is 13.8 Å². The molecular formula is C14H25N3OS. The van der Waals surface area contributed by atoms with Crippen LogP contribution in [-0.4, -0.2) is 29.5 Å². The number of nitrogens with two attached hydrogens (primary N) is 1. The number of oxime groups is 1. The Balaban J connectivity index is 2.20. The van der Waals surface area contributed by atoms with E-state index in [2.05, 4.69) is 34.6 Å². The molecule has 5 heteroatoms. The van der Waals surface area contributed by atoms with Crippen molar-refractivity contribution < 1.29 is 5.21 Å². The van der Waals surface area contributed by atoms with Gasteiger partial charge in [0.1, 0.15) is 5.84 Å². The zero-order valence-corrected chi connectivity index (χ0v) is 12.9. The lowest BCUT2D eigenvalue weighted by molar-refractivity contribution is 0.296. The fourth-order valence-corrected chi connectivity index (χ4v) is 2.74. The minimum Gasteiger partial charge on any atom is -0.409 e. The Morgan fingerprint density at radius 1 is 1.47 bits per heavy atom. The summed E-state index contributed by atoms with van der Waals surface area (Å²) in [5, 5.41) is 13.9. The van der Waals surface area contributed by atoms with Crippen molar-refractivity contribution in [2.45, 2.75) is 39.7 Å². The lowest BCUT2D eigenvalue weighted by atomic mass is 9.86. The van der Waals surface area contributed by atoms with Crippen LogP contribution in [0.4, 0.5) is 0 Å². The van der Waals surface area contributed by atoms with Crippen LogP contribution in [0.15, 0.2) is 22.7 Å². The lowest BCUT2D eigenvalue weighted by Gasteiger charge is -2.23. The van der Waals surface area contributed by atoms with E-state index in [9.17, 15) is 0 Å². The molecule has 1 rings (SSSR count). The number of hydrogen-bond acceptors (Lipinski definition) is 4. The molecule has 1 aromatic heterocycles. The second-order valence-corrected chi connectivity index (χ2v) is 6.68. The predicted octanol–water partition coefficient (Wildman–Crippen LogP) is 3.12. The lowest BCUT2D eigenvalue weighted by Crippen LogP contribution is -2.32. The summed E-state index contributed by atoms with van der Waals surface area (Å²) in [6.45, 7) is 6.11. The first kappa shape index (κ1) is 16.0. The van der Waals surface area contributed by atoms with Crippen LogP contribution in [0.2, 0.25) is 0 Å². The van der Waals surface area contributed by atoms with Crippen LogP contribution in [0.1, 0.15) is 38.0 Å². The third-order valence-corrected chi connectivity index (χ3v) is 4.26. The Bertz CT molecular complexity index is 387. The molecule has 0 saturated carbocycles. The molecule has 4 nitrogen and oxygen atoms in total. The monoisotopic (exact) mass is 283 g/mol. The van der Waals surface area contributed by atoms with E-state index in [-0.39, 0.29) is 5.41 Å². The Labute approximate surface area is 119 Å². The van der Waals surface area contributed by atoms with E-state index in [4.69, 9.17) is 10.9 Å². The summed E-state index contributed by atoms with van der Waals surface area (Å²) in [7, 11) is 2.15. The SMILES string of the molecule is CN(CCCCC(C)(C)/C(N)=N/O)Cc1cccs1. The van der Waals surface area contributed by atoms with Crippen LogP contribution >= 0.6 is 11.3 Å². The number of unbranched alkanes of at least 4 members (excludes halogenated alkanes) is 1. The predicted molar refractivity (Wildman–Crippen MR) is 81.7 cm³/mol. The van der Waals surface area contributed by atoms with Crippen molar-refractivity contribution in [3.63, 3.8) is 0 Å². The smallest absolute Gasteiger partial charge is 0.144 e. The van der Waals surface area contributed by atoms with E-state index < -0.39 is 0 Å². The van der Waals surface area contributed by atoms with Crippen LogP contribution in [0.25, 0.3) is 0 Å². The molecular weight excluding hydrogens is 258 g/mol. The fourth-order valence-electron chi connectivity index (χ4n) is 1.96. The van der Waals surface area contributed by atoms with Crippen molar-refractivity contribution in [1.29, 1.82) is 0 Å². The first-order chi connectivity index (χ1) is 8.95. The van der Waals surface area contributed by atoms with E-state index in [0.29, 0.717) is 5.84 Å². The molecule has 0 aliphatic rings. The van der Waals surface area contributed by atoms with E-state index in [1.54, 1.807) is 11.3 Å². The highest BCUT2D eigenvalue weighted by Gasteiger charge is 2.22. The standard InChI is InChI=1S/C14H25N3OS/c1-14(2,13(15)16-18)8-4-5-9-17(3)11-12-7-6-10-19-12/h6-7,10,18H,4-5,8-9,11H2,1-3H3,(H2,15,16). The molecule has 0 aliphatic heterocycles. The zero-order valence-electron chi connectivity index (χ0n) is 12.1. The first-order valence-corrected chi connectivity index (χ1v) is 7.52. The van der Waals surface area contributed by atoms with Gasteiger partial charge in [-0.3, -0.25) is 0 Å². The Morgan fingerprint density at radius 2 is 2.21 bits per heavy atom. The highest BCUT2D eigenvalue weighted by molar-refractivity contribution is 7.09. The summed E-state index contributed by atoms with van der Waals surface area (Å²) in [5.41, 5.74) is 5.45. The topological polar surface area (TPSA) is 61.8 Å². The molecule has 3 N–H and O–H groups in total. The number of thiophene rings is 1. The van der Waals surface area contributed by atoms with Gasteiger partial charge in [-0.2, -0.15) is 0 Å². The number of nitrogens with zero attached hydrogens (tertiary/aromatic N) is 2. The van der Waals surface area contributed by atoms with Gasteiger partial charge < -0.3 is 15.8 Å². The molecule has 0 aliphatic carbocycles. The summed E-state index contributed by atoms with van der Waals surface area (Å²) in [6, 6.07) is 4.26. The summed E-state index contributed by atoms with van der Waals surface area (Å²) in [5.74, 6) is 0.319. The molecule has 0 aromatic carbocycles. The van der Waals surface area contributed by atoms with E-state index in [1.165, 1.54) is 4.88 Å². The Morgan fingerprint density at radius 3 is 2.79 bits per heavy atom. The number of rotatable bonds is 8. The van der Waals surface area contributed by atoms with Crippen LogP contribution in [-0.2, 0) is 6.54 Å². The average molecular weight is 283 g/mol. The van der Waals surface area contributed by atoms with Gasteiger partial charge in [0.15, 0.2) is 0 Å². The normalized spacial score (nSPS) is 13.2. The Kier molecular flexibility index (Phi) is 6.31. The third-order valence-electron chi connectivity index (χ3n) is 3.40. The minimum absolute atomic E-state index is 0.221. The molecule has 0 saturated heterocycles. The van der Waals surface area contributed by atoms with Gasteiger partial charge in [0.05, 0.1) is 0 Å². The van der Waals surface area contributed by atoms with Crippen molar-refractivity contribution in [1.82, 2.24) is 4.90 Å². The molecule has 0 fully saturated rings. The van der Waals surface area contributed by atoms with Crippen molar-refractivity contribution in [2.24, 2.45) is 16.3 Å². The van der Waals surface area contributed by atoms with Crippen molar-refractivity contribution >= 4 is 17.2 Å². The number of hydrogen-bond donors (Lipinski definition) is 2.